The molecule has 0 bridgehead atoms. The number of amides is 2. The Labute approximate surface area is 205 Å². The van der Waals surface area contributed by atoms with Gasteiger partial charge in [-0.15, -0.1) is 0 Å². The molecule has 3 aromatic rings. The fraction of sp³-hybridized carbons (Fsp3) is 0.250. The molecule has 3 aromatic carbocycles. The Bertz CT molecular complexity index is 1230. The summed E-state index contributed by atoms with van der Waals surface area (Å²) >= 11 is 5.48. The lowest BCUT2D eigenvalue weighted by atomic mass is 9.95. The molecule has 0 aromatic heterocycles. The molecule has 2 N–H and O–H groups in total. The zero-order chi connectivity index (χ0) is 23.9. The minimum Gasteiger partial charge on any atom is -0.349 e. The second kappa shape index (κ2) is 11.1. The number of hydrogen-bond acceptors (Lipinski definition) is 3. The van der Waals surface area contributed by atoms with E-state index in [0.29, 0.717) is 11.3 Å². The standard InChI is InChI=1S/C28H29N3O2S/c1-31(25-17-8-7-16-24(25)27(33)29-22-13-3-2-4-14-22)28(34)30-26(32)19-18-21-12-9-11-20-10-5-6-15-23(20)21/h5-12,15-19,22H,2-4,13-14H2,1H3,(H,29,33)(H,30,32,34). The van der Waals surface area contributed by atoms with E-state index in [4.69, 9.17) is 12.2 Å². The summed E-state index contributed by atoms with van der Waals surface area (Å²) in [5.74, 6) is -0.437. The highest BCUT2D eigenvalue weighted by Gasteiger charge is 2.21. The molecule has 1 aliphatic rings. The van der Waals surface area contributed by atoms with Crippen LogP contribution >= 0.6 is 12.2 Å². The van der Waals surface area contributed by atoms with Crippen LogP contribution in [-0.2, 0) is 4.79 Å². The molecule has 0 saturated heterocycles. The molecule has 0 heterocycles. The molecule has 0 spiro atoms. The number of fused-ring (bicyclic) bond motifs is 1. The molecule has 6 heteroatoms. The zero-order valence-corrected chi connectivity index (χ0v) is 20.1. The van der Waals surface area contributed by atoms with E-state index in [1.807, 2.05) is 60.7 Å². The first kappa shape index (κ1) is 23.6. The van der Waals surface area contributed by atoms with Crippen molar-refractivity contribution in [2.45, 2.75) is 38.1 Å². The van der Waals surface area contributed by atoms with Crippen LogP contribution in [0, 0.1) is 0 Å². The van der Waals surface area contributed by atoms with Crippen molar-refractivity contribution >= 4 is 51.7 Å². The van der Waals surface area contributed by atoms with E-state index in [9.17, 15) is 9.59 Å². The topological polar surface area (TPSA) is 61.4 Å². The second-order valence-electron chi connectivity index (χ2n) is 8.58. The van der Waals surface area contributed by atoms with Crippen LogP contribution in [0.5, 0.6) is 0 Å². The molecule has 0 radical (unpaired) electrons. The lowest BCUT2D eigenvalue weighted by Crippen LogP contribution is -2.41. The lowest BCUT2D eigenvalue weighted by molar-refractivity contribution is -0.115. The normalized spacial score (nSPS) is 14.1. The Morgan fingerprint density at radius 1 is 0.941 bits per heavy atom. The number of anilines is 1. The summed E-state index contributed by atoms with van der Waals surface area (Å²) in [6, 6.07) is 21.5. The highest BCUT2D eigenvalue weighted by molar-refractivity contribution is 7.80. The van der Waals surface area contributed by atoms with Gasteiger partial charge in [0, 0.05) is 19.2 Å². The van der Waals surface area contributed by atoms with Crippen LogP contribution in [0.3, 0.4) is 0 Å². The number of carbonyl (C=O) groups is 2. The summed E-state index contributed by atoms with van der Waals surface area (Å²) in [6.07, 6.45) is 8.82. The first-order valence-corrected chi connectivity index (χ1v) is 12.1. The molecule has 1 saturated carbocycles. The monoisotopic (exact) mass is 471 g/mol. The number of thiocarbonyl (C=S) groups is 1. The number of nitrogens with one attached hydrogen (secondary N) is 2. The molecule has 0 atom stereocenters. The molecular formula is C28H29N3O2S. The fourth-order valence-corrected chi connectivity index (χ4v) is 4.57. The molecule has 1 fully saturated rings. The van der Waals surface area contributed by atoms with Gasteiger partial charge in [-0.05, 0) is 59.6 Å². The van der Waals surface area contributed by atoms with E-state index in [2.05, 4.69) is 10.6 Å². The maximum Gasteiger partial charge on any atom is 0.253 e. The van der Waals surface area contributed by atoms with E-state index >= 15 is 0 Å². The molecule has 0 unspecified atom stereocenters. The van der Waals surface area contributed by atoms with Gasteiger partial charge in [-0.3, -0.25) is 14.9 Å². The first-order chi connectivity index (χ1) is 16.5. The molecule has 4 rings (SSSR count). The van der Waals surface area contributed by atoms with Gasteiger partial charge in [0.1, 0.15) is 0 Å². The predicted octanol–water partition coefficient (Wildman–Crippen LogP) is 5.45. The van der Waals surface area contributed by atoms with E-state index in [1.54, 1.807) is 24.1 Å². The van der Waals surface area contributed by atoms with Gasteiger partial charge in [0.15, 0.2) is 5.11 Å². The molecule has 1 aliphatic carbocycles. The number of hydrogen-bond donors (Lipinski definition) is 2. The van der Waals surface area contributed by atoms with Gasteiger partial charge in [-0.1, -0.05) is 73.9 Å². The predicted molar refractivity (Wildman–Crippen MR) is 143 cm³/mol. The van der Waals surface area contributed by atoms with E-state index in [0.717, 1.165) is 42.0 Å². The molecule has 5 nitrogen and oxygen atoms in total. The van der Waals surface area contributed by atoms with E-state index in [1.165, 1.54) is 12.5 Å². The quantitative estimate of drug-likeness (QED) is 0.384. The fourth-order valence-electron chi connectivity index (χ4n) is 4.37. The Kier molecular flexibility index (Phi) is 7.70. The maximum atomic E-state index is 13.0. The summed E-state index contributed by atoms with van der Waals surface area (Å²) in [6.45, 7) is 0. The number of carbonyl (C=O) groups excluding carboxylic acids is 2. The van der Waals surface area contributed by atoms with Crippen molar-refractivity contribution in [2.24, 2.45) is 0 Å². The third kappa shape index (κ3) is 5.69. The van der Waals surface area contributed by atoms with Gasteiger partial charge in [-0.25, -0.2) is 0 Å². The Balaban J connectivity index is 1.43. The van der Waals surface area contributed by atoms with Crippen LogP contribution < -0.4 is 15.5 Å². The van der Waals surface area contributed by atoms with Crippen LogP contribution in [0.15, 0.2) is 72.8 Å². The molecule has 2 amide bonds. The summed E-state index contributed by atoms with van der Waals surface area (Å²) in [5.41, 5.74) is 2.15. The third-order valence-corrected chi connectivity index (χ3v) is 6.60. The van der Waals surface area contributed by atoms with Crippen molar-refractivity contribution in [3.05, 3.63) is 83.9 Å². The van der Waals surface area contributed by atoms with Crippen LogP contribution in [0.4, 0.5) is 5.69 Å². The van der Waals surface area contributed by atoms with Crippen LogP contribution in [0.1, 0.15) is 48.0 Å². The lowest BCUT2D eigenvalue weighted by Gasteiger charge is -2.25. The summed E-state index contributed by atoms with van der Waals surface area (Å²) in [4.78, 5) is 27.2. The van der Waals surface area contributed by atoms with Crippen molar-refractivity contribution in [2.75, 3.05) is 11.9 Å². The van der Waals surface area contributed by atoms with E-state index in [-0.39, 0.29) is 23.0 Å². The van der Waals surface area contributed by atoms with Crippen molar-refractivity contribution in [1.29, 1.82) is 0 Å². The van der Waals surface area contributed by atoms with Crippen molar-refractivity contribution < 1.29 is 9.59 Å². The number of benzene rings is 3. The molecule has 34 heavy (non-hydrogen) atoms. The number of para-hydroxylation sites is 1. The second-order valence-corrected chi connectivity index (χ2v) is 8.97. The third-order valence-electron chi connectivity index (χ3n) is 6.22. The smallest absolute Gasteiger partial charge is 0.253 e. The van der Waals surface area contributed by atoms with Gasteiger partial charge < -0.3 is 10.2 Å². The van der Waals surface area contributed by atoms with Crippen LogP contribution in [0.25, 0.3) is 16.8 Å². The molecule has 174 valence electrons. The number of rotatable bonds is 5. The van der Waals surface area contributed by atoms with Crippen molar-refractivity contribution in [3.63, 3.8) is 0 Å². The summed E-state index contributed by atoms with van der Waals surface area (Å²) < 4.78 is 0. The van der Waals surface area contributed by atoms with Gasteiger partial charge in [-0.2, -0.15) is 0 Å². The van der Waals surface area contributed by atoms with Gasteiger partial charge in [0.05, 0.1) is 11.3 Å². The van der Waals surface area contributed by atoms with Crippen LogP contribution in [-0.4, -0.2) is 30.0 Å². The van der Waals surface area contributed by atoms with E-state index < -0.39 is 0 Å². The van der Waals surface area contributed by atoms with Crippen LogP contribution in [0.2, 0.25) is 0 Å². The highest BCUT2D eigenvalue weighted by atomic mass is 32.1. The largest absolute Gasteiger partial charge is 0.349 e. The number of nitrogens with zero attached hydrogens (tertiary/aromatic N) is 1. The van der Waals surface area contributed by atoms with Crippen molar-refractivity contribution in [1.82, 2.24) is 10.6 Å². The van der Waals surface area contributed by atoms with Gasteiger partial charge in [0.25, 0.3) is 5.91 Å². The Morgan fingerprint density at radius 2 is 1.65 bits per heavy atom. The molecule has 0 aliphatic heterocycles. The SMILES string of the molecule is CN(C(=S)NC(=O)C=Cc1cccc2ccccc12)c1ccccc1C(=O)NC1CCCCC1. The zero-order valence-electron chi connectivity index (χ0n) is 19.3. The average Bonchev–Trinajstić information content (AvgIpc) is 2.87. The minimum atomic E-state index is -0.325. The highest BCUT2D eigenvalue weighted by Crippen LogP contribution is 2.22. The van der Waals surface area contributed by atoms with Gasteiger partial charge >= 0.3 is 0 Å². The minimum absolute atomic E-state index is 0.112. The summed E-state index contributed by atoms with van der Waals surface area (Å²) in [7, 11) is 1.75. The molecular weight excluding hydrogens is 442 g/mol. The van der Waals surface area contributed by atoms with Gasteiger partial charge in [0.2, 0.25) is 5.91 Å². The first-order valence-electron chi connectivity index (χ1n) is 11.7. The average molecular weight is 472 g/mol. The van der Waals surface area contributed by atoms with Crippen molar-refractivity contribution in [3.8, 4) is 0 Å². The Morgan fingerprint density at radius 3 is 2.47 bits per heavy atom. The summed E-state index contributed by atoms with van der Waals surface area (Å²) in [5, 5.41) is 8.32. The Hall–Kier alpha value is -3.51. The maximum absolute atomic E-state index is 13.0.